The number of fused-ring (bicyclic) bond motifs is 3. The molecular formula is C30H38N4O2. The summed E-state index contributed by atoms with van der Waals surface area (Å²) in [5.41, 5.74) is 3.59. The molecule has 36 heavy (non-hydrogen) atoms. The monoisotopic (exact) mass is 486 g/mol. The molecule has 0 radical (unpaired) electrons. The van der Waals surface area contributed by atoms with Gasteiger partial charge in [-0.25, -0.2) is 4.98 Å². The molecule has 3 aliphatic heterocycles. The third kappa shape index (κ3) is 4.69. The van der Waals surface area contributed by atoms with Crippen LogP contribution in [0, 0.1) is 12.8 Å². The van der Waals surface area contributed by atoms with Crippen LogP contribution >= 0.6 is 0 Å². The Morgan fingerprint density at radius 3 is 2.42 bits per heavy atom. The molecule has 6 rings (SSSR count). The van der Waals surface area contributed by atoms with Gasteiger partial charge in [0.05, 0.1) is 17.1 Å². The van der Waals surface area contributed by atoms with E-state index >= 15 is 0 Å². The summed E-state index contributed by atoms with van der Waals surface area (Å²) in [4.78, 5) is 20.7. The first-order valence-corrected chi connectivity index (χ1v) is 13.8. The number of carbonyl (C=O) groups excluding carboxylic acids is 1. The first kappa shape index (κ1) is 23.7. The van der Waals surface area contributed by atoms with Crippen molar-refractivity contribution in [2.75, 3.05) is 19.8 Å². The zero-order chi connectivity index (χ0) is 24.5. The van der Waals surface area contributed by atoms with Gasteiger partial charge in [-0.3, -0.25) is 9.69 Å². The second-order valence-electron chi connectivity index (χ2n) is 10.9. The van der Waals surface area contributed by atoms with Crippen LogP contribution in [0.3, 0.4) is 0 Å². The molecule has 2 bridgehead atoms. The number of aryl methyl sites for hydroxylation is 1. The normalized spacial score (nSPS) is 25.8. The average Bonchev–Trinajstić information content (AvgIpc) is 3.37. The maximum Gasteiger partial charge on any atom is 0.223 e. The lowest BCUT2D eigenvalue weighted by Crippen LogP contribution is -2.45. The van der Waals surface area contributed by atoms with E-state index in [2.05, 4.69) is 70.2 Å². The third-order valence-corrected chi connectivity index (χ3v) is 8.78. The Labute approximate surface area is 214 Å². The lowest BCUT2D eigenvalue weighted by molar-refractivity contribution is -0.128. The van der Waals surface area contributed by atoms with Crippen molar-refractivity contribution in [1.29, 1.82) is 0 Å². The highest BCUT2D eigenvalue weighted by molar-refractivity contribution is 5.79. The van der Waals surface area contributed by atoms with E-state index in [-0.39, 0.29) is 17.9 Å². The standard InChI is InChI=1S/C30H38N4O2/c1-21-31-28-9-5-6-10-29(28)34(21)26-19-24-11-12-25(20-26)33(24)16-13-27(22-7-3-2-4-8-22)32-30(35)23-14-17-36-18-15-23/h2-10,23-27H,11-20H2,1H3,(H,32,35)/t24?,25?,26?,27-/m1/s1. The van der Waals surface area contributed by atoms with Crippen LogP contribution in [-0.4, -0.2) is 52.2 Å². The lowest BCUT2D eigenvalue weighted by atomic mass is 9.94. The number of piperidine rings is 1. The minimum Gasteiger partial charge on any atom is -0.381 e. The number of aromatic nitrogens is 2. The molecule has 4 heterocycles. The number of nitrogens with one attached hydrogen (secondary N) is 1. The highest BCUT2D eigenvalue weighted by Gasteiger charge is 2.41. The van der Waals surface area contributed by atoms with Gasteiger partial charge in [0.1, 0.15) is 5.82 Å². The van der Waals surface area contributed by atoms with E-state index in [0.717, 1.165) is 37.1 Å². The zero-order valence-corrected chi connectivity index (χ0v) is 21.3. The van der Waals surface area contributed by atoms with Gasteiger partial charge in [-0.2, -0.15) is 0 Å². The van der Waals surface area contributed by atoms with Crippen molar-refractivity contribution in [2.24, 2.45) is 5.92 Å². The molecule has 0 aliphatic carbocycles. The van der Waals surface area contributed by atoms with E-state index in [1.807, 2.05) is 6.07 Å². The summed E-state index contributed by atoms with van der Waals surface area (Å²) in [6.45, 7) is 4.56. The fraction of sp³-hybridized carbons (Fsp3) is 0.533. The predicted octanol–water partition coefficient (Wildman–Crippen LogP) is 5.19. The van der Waals surface area contributed by atoms with Gasteiger partial charge >= 0.3 is 0 Å². The molecule has 190 valence electrons. The van der Waals surface area contributed by atoms with Crippen LogP contribution in [0.15, 0.2) is 54.6 Å². The van der Waals surface area contributed by atoms with E-state index in [4.69, 9.17) is 9.72 Å². The van der Waals surface area contributed by atoms with Gasteiger partial charge in [0, 0.05) is 43.8 Å². The number of hydrogen-bond acceptors (Lipinski definition) is 4. The van der Waals surface area contributed by atoms with E-state index in [1.165, 1.54) is 36.8 Å². The summed E-state index contributed by atoms with van der Waals surface area (Å²) in [6.07, 6.45) is 7.52. The van der Waals surface area contributed by atoms with Crippen molar-refractivity contribution in [3.63, 3.8) is 0 Å². The van der Waals surface area contributed by atoms with Gasteiger partial charge in [0.25, 0.3) is 0 Å². The van der Waals surface area contributed by atoms with Crippen LogP contribution < -0.4 is 5.32 Å². The zero-order valence-electron chi connectivity index (χ0n) is 21.3. The summed E-state index contributed by atoms with van der Waals surface area (Å²) in [7, 11) is 0. The summed E-state index contributed by atoms with van der Waals surface area (Å²) in [5, 5.41) is 3.42. The number of hydrogen-bond donors (Lipinski definition) is 1. The predicted molar refractivity (Wildman–Crippen MR) is 142 cm³/mol. The fourth-order valence-corrected chi connectivity index (χ4v) is 6.98. The van der Waals surface area contributed by atoms with Crippen molar-refractivity contribution < 1.29 is 9.53 Å². The molecule has 2 unspecified atom stereocenters. The largest absolute Gasteiger partial charge is 0.381 e. The molecule has 0 saturated carbocycles. The molecule has 6 heteroatoms. The Kier molecular flexibility index (Phi) is 6.81. The van der Waals surface area contributed by atoms with Crippen LogP contribution in [0.5, 0.6) is 0 Å². The highest BCUT2D eigenvalue weighted by atomic mass is 16.5. The SMILES string of the molecule is Cc1nc2ccccc2n1C1CC2CCC(C1)N2CC[C@@H](NC(=O)C1CCOCC1)c1ccccc1. The van der Waals surface area contributed by atoms with Crippen molar-refractivity contribution in [1.82, 2.24) is 19.8 Å². The van der Waals surface area contributed by atoms with Gasteiger partial charge in [-0.15, -0.1) is 0 Å². The van der Waals surface area contributed by atoms with E-state index < -0.39 is 0 Å². The molecule has 6 nitrogen and oxygen atoms in total. The van der Waals surface area contributed by atoms with Crippen LogP contribution in [0.2, 0.25) is 0 Å². The molecule has 2 aromatic carbocycles. The Balaban J connectivity index is 1.14. The fourth-order valence-electron chi connectivity index (χ4n) is 6.98. The van der Waals surface area contributed by atoms with E-state index in [9.17, 15) is 4.79 Å². The Morgan fingerprint density at radius 1 is 0.972 bits per heavy atom. The molecule has 1 aromatic heterocycles. The number of carbonyl (C=O) groups is 1. The number of nitrogens with zero attached hydrogens (tertiary/aromatic N) is 3. The Morgan fingerprint density at radius 2 is 1.67 bits per heavy atom. The topological polar surface area (TPSA) is 59.4 Å². The molecular weight excluding hydrogens is 448 g/mol. The molecule has 3 aliphatic rings. The molecule has 3 fully saturated rings. The van der Waals surface area contributed by atoms with Gasteiger partial charge in [0.15, 0.2) is 0 Å². The van der Waals surface area contributed by atoms with Crippen molar-refractivity contribution in [3.8, 4) is 0 Å². The molecule has 3 aromatic rings. The minimum atomic E-state index is 0.0542. The number of para-hydroxylation sites is 2. The number of ether oxygens (including phenoxy) is 1. The highest BCUT2D eigenvalue weighted by Crippen LogP contribution is 2.42. The summed E-state index contributed by atoms with van der Waals surface area (Å²) >= 11 is 0. The van der Waals surface area contributed by atoms with Crippen LogP contribution in [0.4, 0.5) is 0 Å². The number of benzene rings is 2. The summed E-state index contributed by atoms with van der Waals surface area (Å²) < 4.78 is 7.97. The maximum atomic E-state index is 13.1. The first-order chi connectivity index (χ1) is 17.7. The maximum absolute atomic E-state index is 13.1. The second kappa shape index (κ2) is 10.3. The molecule has 1 amide bonds. The lowest BCUT2D eigenvalue weighted by Gasteiger charge is -2.40. The van der Waals surface area contributed by atoms with E-state index in [1.54, 1.807) is 0 Å². The number of rotatable bonds is 7. The second-order valence-corrected chi connectivity index (χ2v) is 10.9. The van der Waals surface area contributed by atoms with Crippen molar-refractivity contribution >= 4 is 16.9 Å². The van der Waals surface area contributed by atoms with Crippen LogP contribution in [-0.2, 0) is 9.53 Å². The molecule has 0 spiro atoms. The minimum absolute atomic E-state index is 0.0542. The van der Waals surface area contributed by atoms with Gasteiger partial charge in [-0.1, -0.05) is 42.5 Å². The Bertz CT molecular complexity index is 1170. The quantitative estimate of drug-likeness (QED) is 0.500. The van der Waals surface area contributed by atoms with Crippen molar-refractivity contribution in [2.45, 2.75) is 76.0 Å². The smallest absolute Gasteiger partial charge is 0.223 e. The molecule has 1 N–H and O–H groups in total. The van der Waals surface area contributed by atoms with E-state index in [0.29, 0.717) is 31.3 Å². The van der Waals surface area contributed by atoms with Crippen molar-refractivity contribution in [3.05, 3.63) is 66.0 Å². The van der Waals surface area contributed by atoms with Gasteiger partial charge in [0.2, 0.25) is 5.91 Å². The third-order valence-electron chi connectivity index (χ3n) is 8.78. The average molecular weight is 487 g/mol. The summed E-state index contributed by atoms with van der Waals surface area (Å²) in [5.74, 6) is 1.40. The number of imidazole rings is 1. The summed E-state index contributed by atoms with van der Waals surface area (Å²) in [6, 6.07) is 20.9. The van der Waals surface area contributed by atoms with Gasteiger partial charge < -0.3 is 14.6 Å². The number of amides is 1. The Hall–Kier alpha value is -2.70. The van der Waals surface area contributed by atoms with Crippen LogP contribution in [0.25, 0.3) is 11.0 Å². The molecule has 3 saturated heterocycles. The molecule has 3 atom stereocenters. The van der Waals surface area contributed by atoms with Crippen LogP contribution in [0.1, 0.15) is 68.4 Å². The first-order valence-electron chi connectivity index (χ1n) is 13.8. The van der Waals surface area contributed by atoms with Gasteiger partial charge in [-0.05, 0) is 69.6 Å².